The number of amides is 2. The second-order valence-corrected chi connectivity index (χ2v) is 7.04. The maximum Gasteiger partial charge on any atom is 0.227 e. The summed E-state index contributed by atoms with van der Waals surface area (Å²) in [7, 11) is 1.80. The number of halogens is 1. The molecule has 5 nitrogen and oxygen atoms in total. The molecule has 1 atom stereocenters. The van der Waals surface area contributed by atoms with E-state index in [1.807, 2.05) is 36.4 Å². The molecule has 0 N–H and O–H groups in total. The van der Waals surface area contributed by atoms with E-state index in [0.29, 0.717) is 24.7 Å². The highest BCUT2D eigenvalue weighted by Gasteiger charge is 2.35. The average molecular weight is 372 g/mol. The molecule has 1 aliphatic rings. The lowest BCUT2D eigenvalue weighted by atomic mass is 10.1. The van der Waals surface area contributed by atoms with Gasteiger partial charge in [-0.2, -0.15) is 0 Å². The molecule has 6 heteroatoms. The first-order valence-corrected chi connectivity index (χ1v) is 9.07. The summed E-state index contributed by atoms with van der Waals surface area (Å²) in [5.74, 6) is -0.257. The molecule has 0 radical (unpaired) electrons. The quantitative estimate of drug-likeness (QED) is 0.784. The Bertz CT molecular complexity index is 782. The fourth-order valence-corrected chi connectivity index (χ4v) is 3.39. The van der Waals surface area contributed by atoms with Gasteiger partial charge in [-0.05, 0) is 35.7 Å². The highest BCUT2D eigenvalue weighted by molar-refractivity contribution is 6.31. The summed E-state index contributed by atoms with van der Waals surface area (Å²) in [6.45, 7) is 1.52. The first-order valence-electron chi connectivity index (χ1n) is 8.69. The van der Waals surface area contributed by atoms with Gasteiger partial charge in [-0.1, -0.05) is 29.8 Å². The van der Waals surface area contributed by atoms with Gasteiger partial charge >= 0.3 is 0 Å². The smallest absolute Gasteiger partial charge is 0.227 e. The Labute approximate surface area is 158 Å². The molecular weight excluding hydrogens is 350 g/mol. The van der Waals surface area contributed by atoms with E-state index in [-0.39, 0.29) is 24.2 Å². The van der Waals surface area contributed by atoms with Crippen molar-refractivity contribution >= 4 is 23.4 Å². The number of carbonyl (C=O) groups is 2. The number of nitrogens with zero attached hydrogens (tertiary/aromatic N) is 3. The van der Waals surface area contributed by atoms with Crippen LogP contribution in [0.4, 0.5) is 0 Å². The number of carbonyl (C=O) groups excluding carboxylic acids is 2. The van der Waals surface area contributed by atoms with Gasteiger partial charge in [-0.25, -0.2) is 0 Å². The number of aromatic nitrogens is 1. The SMILES string of the molecule is CN(CCc1ccncc1)C(=O)C1CC(=O)N(Cc2ccccc2Cl)C1. The molecule has 136 valence electrons. The Balaban J connectivity index is 1.55. The first-order chi connectivity index (χ1) is 12.5. The minimum atomic E-state index is -0.285. The maximum absolute atomic E-state index is 12.7. The number of likely N-dealkylation sites (N-methyl/N-ethyl adjacent to an activating group) is 1. The van der Waals surface area contributed by atoms with Gasteiger partial charge in [0, 0.05) is 50.5 Å². The molecule has 1 unspecified atom stereocenters. The summed E-state index contributed by atoms with van der Waals surface area (Å²) < 4.78 is 0. The van der Waals surface area contributed by atoms with E-state index in [2.05, 4.69) is 4.98 Å². The van der Waals surface area contributed by atoms with E-state index < -0.39 is 0 Å². The second-order valence-electron chi connectivity index (χ2n) is 6.63. The Morgan fingerprint density at radius 1 is 1.27 bits per heavy atom. The third-order valence-electron chi connectivity index (χ3n) is 4.74. The highest BCUT2D eigenvalue weighted by Crippen LogP contribution is 2.24. The van der Waals surface area contributed by atoms with Crippen LogP contribution in [-0.2, 0) is 22.6 Å². The van der Waals surface area contributed by atoms with Crippen molar-refractivity contribution in [2.45, 2.75) is 19.4 Å². The van der Waals surface area contributed by atoms with Gasteiger partial charge < -0.3 is 9.80 Å². The zero-order valence-electron chi connectivity index (χ0n) is 14.8. The molecule has 26 heavy (non-hydrogen) atoms. The van der Waals surface area contributed by atoms with E-state index in [1.54, 1.807) is 29.2 Å². The zero-order valence-corrected chi connectivity index (χ0v) is 15.5. The number of benzene rings is 1. The van der Waals surface area contributed by atoms with Crippen molar-refractivity contribution in [3.05, 3.63) is 64.9 Å². The van der Waals surface area contributed by atoms with Crippen LogP contribution in [0.1, 0.15) is 17.5 Å². The van der Waals surface area contributed by atoms with E-state index in [9.17, 15) is 9.59 Å². The van der Waals surface area contributed by atoms with Crippen molar-refractivity contribution in [3.8, 4) is 0 Å². The topological polar surface area (TPSA) is 53.5 Å². The summed E-state index contributed by atoms with van der Waals surface area (Å²) in [4.78, 5) is 32.4. The molecule has 1 aliphatic heterocycles. The fourth-order valence-electron chi connectivity index (χ4n) is 3.19. The molecule has 1 fully saturated rings. The first kappa shape index (κ1) is 18.4. The monoisotopic (exact) mass is 371 g/mol. The molecule has 1 saturated heterocycles. The van der Waals surface area contributed by atoms with Gasteiger partial charge in [0.05, 0.1) is 5.92 Å². The Hall–Kier alpha value is -2.40. The van der Waals surface area contributed by atoms with Gasteiger partial charge in [0.15, 0.2) is 0 Å². The summed E-state index contributed by atoms with van der Waals surface area (Å²) >= 11 is 6.18. The third kappa shape index (κ3) is 4.41. The summed E-state index contributed by atoms with van der Waals surface area (Å²) in [6.07, 6.45) is 4.54. The molecule has 0 saturated carbocycles. The van der Waals surface area contributed by atoms with Crippen LogP contribution in [0, 0.1) is 5.92 Å². The molecule has 3 rings (SSSR count). The standard InChI is InChI=1S/C20H22ClN3O2/c1-23(11-8-15-6-9-22-10-7-15)20(26)17-12-19(25)24(14-17)13-16-4-2-3-5-18(16)21/h2-7,9-10,17H,8,11-14H2,1H3. The van der Waals surface area contributed by atoms with Crippen molar-refractivity contribution in [2.24, 2.45) is 5.92 Å². The molecule has 1 aromatic carbocycles. The van der Waals surface area contributed by atoms with Crippen molar-refractivity contribution in [2.75, 3.05) is 20.1 Å². The van der Waals surface area contributed by atoms with Crippen LogP contribution >= 0.6 is 11.6 Å². The molecule has 2 heterocycles. The van der Waals surface area contributed by atoms with Crippen LogP contribution in [0.2, 0.25) is 5.02 Å². The van der Waals surface area contributed by atoms with Gasteiger partial charge in [-0.15, -0.1) is 0 Å². The summed E-state index contributed by atoms with van der Waals surface area (Å²) in [5.41, 5.74) is 2.05. The van der Waals surface area contributed by atoms with E-state index in [0.717, 1.165) is 17.5 Å². The number of pyridine rings is 1. The summed E-state index contributed by atoms with van der Waals surface area (Å²) in [5, 5.41) is 0.643. The molecule has 0 spiro atoms. The average Bonchev–Trinajstić information content (AvgIpc) is 3.02. The summed E-state index contributed by atoms with van der Waals surface area (Å²) in [6, 6.07) is 11.4. The lowest BCUT2D eigenvalue weighted by Crippen LogP contribution is -2.35. The normalized spacial score (nSPS) is 16.8. The highest BCUT2D eigenvalue weighted by atomic mass is 35.5. The fraction of sp³-hybridized carbons (Fsp3) is 0.350. The second kappa shape index (κ2) is 8.32. The predicted octanol–water partition coefficient (Wildman–Crippen LogP) is 2.78. The number of likely N-dealkylation sites (tertiary alicyclic amines) is 1. The lowest BCUT2D eigenvalue weighted by molar-refractivity contribution is -0.134. The predicted molar refractivity (Wildman–Crippen MR) is 101 cm³/mol. The number of rotatable bonds is 6. The van der Waals surface area contributed by atoms with Crippen LogP contribution in [0.25, 0.3) is 0 Å². The van der Waals surface area contributed by atoms with Crippen molar-refractivity contribution in [1.29, 1.82) is 0 Å². The molecule has 2 amide bonds. The molecule has 0 aliphatic carbocycles. The van der Waals surface area contributed by atoms with Gasteiger partial charge in [0.1, 0.15) is 0 Å². The minimum Gasteiger partial charge on any atom is -0.345 e. The van der Waals surface area contributed by atoms with E-state index in [4.69, 9.17) is 11.6 Å². The van der Waals surface area contributed by atoms with Crippen molar-refractivity contribution < 1.29 is 9.59 Å². The minimum absolute atomic E-state index is 0.00537. The largest absolute Gasteiger partial charge is 0.345 e. The van der Waals surface area contributed by atoms with Crippen molar-refractivity contribution in [3.63, 3.8) is 0 Å². The lowest BCUT2D eigenvalue weighted by Gasteiger charge is -2.21. The Morgan fingerprint density at radius 3 is 2.73 bits per heavy atom. The Kier molecular flexibility index (Phi) is 5.89. The molecular formula is C20H22ClN3O2. The zero-order chi connectivity index (χ0) is 18.5. The van der Waals surface area contributed by atoms with Gasteiger partial charge in [-0.3, -0.25) is 14.6 Å². The number of hydrogen-bond donors (Lipinski definition) is 0. The van der Waals surface area contributed by atoms with Crippen LogP contribution in [-0.4, -0.2) is 46.7 Å². The third-order valence-corrected chi connectivity index (χ3v) is 5.11. The molecule has 0 bridgehead atoms. The molecule has 2 aromatic rings. The van der Waals surface area contributed by atoms with Crippen LogP contribution in [0.15, 0.2) is 48.8 Å². The van der Waals surface area contributed by atoms with Crippen LogP contribution in [0.3, 0.4) is 0 Å². The van der Waals surface area contributed by atoms with Gasteiger partial charge in [0.25, 0.3) is 0 Å². The number of hydrogen-bond acceptors (Lipinski definition) is 3. The Morgan fingerprint density at radius 2 is 2.00 bits per heavy atom. The van der Waals surface area contributed by atoms with E-state index in [1.165, 1.54) is 0 Å². The van der Waals surface area contributed by atoms with Crippen LogP contribution < -0.4 is 0 Å². The van der Waals surface area contributed by atoms with Crippen LogP contribution in [0.5, 0.6) is 0 Å². The molecule has 1 aromatic heterocycles. The van der Waals surface area contributed by atoms with Crippen molar-refractivity contribution in [1.82, 2.24) is 14.8 Å². The van der Waals surface area contributed by atoms with Gasteiger partial charge in [0.2, 0.25) is 11.8 Å². The van der Waals surface area contributed by atoms with E-state index >= 15 is 0 Å². The maximum atomic E-state index is 12.7.